The fourth-order valence-electron chi connectivity index (χ4n) is 6.19. The molecule has 0 bridgehead atoms. The first-order valence-corrected chi connectivity index (χ1v) is 20.1. The van der Waals surface area contributed by atoms with E-state index in [0.717, 1.165) is 37.6 Å². The first kappa shape index (κ1) is 40.8. The molecule has 0 atom stereocenters. The fourth-order valence-corrected chi connectivity index (χ4v) is 6.19. The second-order valence-corrected chi connectivity index (χ2v) is 13.6. The molecular weight excluding hydrogens is 536 g/mol. The van der Waals surface area contributed by atoms with E-state index >= 15 is 0 Å². The van der Waals surface area contributed by atoms with E-state index in [1.807, 2.05) is 12.1 Å². The summed E-state index contributed by atoms with van der Waals surface area (Å²) < 4.78 is 11.8. The van der Waals surface area contributed by atoms with Gasteiger partial charge in [0.25, 0.3) is 0 Å². The molecule has 1 rings (SSSR count). The number of hydrogen-bond donors (Lipinski definition) is 0. The maximum absolute atomic E-state index is 5.88. The third-order valence-corrected chi connectivity index (χ3v) is 9.20. The van der Waals surface area contributed by atoms with Crippen LogP contribution in [0.3, 0.4) is 0 Å². The standard InChI is InChI=1S/C42H76O2/c1-3-5-7-9-11-13-15-17-19-21-23-25-27-29-31-33-39-43-41-35-37-42(38-36-41)44-40-34-32-30-28-26-24-22-20-18-16-14-12-10-8-6-4-2/h35,38H,3-34,39-40H2,1-2H3. The molecule has 0 spiro atoms. The van der Waals surface area contributed by atoms with Crippen molar-refractivity contribution >= 4 is 0 Å². The van der Waals surface area contributed by atoms with E-state index in [9.17, 15) is 0 Å². The minimum atomic E-state index is 0.780. The third-order valence-electron chi connectivity index (χ3n) is 9.20. The monoisotopic (exact) mass is 613 g/mol. The van der Waals surface area contributed by atoms with Crippen molar-refractivity contribution in [2.45, 2.75) is 219 Å². The van der Waals surface area contributed by atoms with Crippen LogP contribution in [-0.2, 0) is 0 Å². The van der Waals surface area contributed by atoms with Crippen LogP contribution in [0.5, 0.6) is 11.5 Å². The lowest BCUT2D eigenvalue weighted by Gasteiger charge is -2.08. The summed E-state index contributed by atoms with van der Waals surface area (Å²) in [6.07, 6.45) is 44.6. The molecule has 0 amide bonds. The van der Waals surface area contributed by atoms with Crippen molar-refractivity contribution in [3.8, 4) is 11.5 Å². The molecule has 2 radical (unpaired) electrons. The molecule has 2 heteroatoms. The quantitative estimate of drug-likeness (QED) is 0.0702. The molecule has 0 aliphatic heterocycles. The van der Waals surface area contributed by atoms with Gasteiger partial charge < -0.3 is 9.47 Å². The average Bonchev–Trinajstić information content (AvgIpc) is 3.04. The highest BCUT2D eigenvalue weighted by atomic mass is 16.5. The Hall–Kier alpha value is -1.18. The SMILES string of the molecule is CCCCCCCCCCCCCCCCCCOc1[c]cc(OCCCCCCCCCCCCCCCCCC)[c]c1. The van der Waals surface area contributed by atoms with Gasteiger partial charge in [-0.2, -0.15) is 0 Å². The Labute approximate surface area is 277 Å². The Bertz CT molecular complexity index is 597. The second-order valence-electron chi connectivity index (χ2n) is 13.6. The zero-order valence-corrected chi connectivity index (χ0v) is 30.0. The van der Waals surface area contributed by atoms with Crippen LogP contribution < -0.4 is 9.47 Å². The van der Waals surface area contributed by atoms with Crippen LogP contribution in [0.25, 0.3) is 0 Å². The van der Waals surface area contributed by atoms with Crippen LogP contribution in [0.2, 0.25) is 0 Å². The average molecular weight is 613 g/mol. The summed E-state index contributed by atoms with van der Waals surface area (Å²) in [5, 5.41) is 0. The predicted molar refractivity (Wildman–Crippen MR) is 194 cm³/mol. The molecule has 0 unspecified atom stereocenters. The van der Waals surface area contributed by atoms with Gasteiger partial charge in [-0.3, -0.25) is 0 Å². The molecule has 0 aliphatic rings. The predicted octanol–water partition coefficient (Wildman–Crippen LogP) is 14.6. The molecule has 1 aromatic rings. The summed E-state index contributed by atoms with van der Waals surface area (Å²) in [5.41, 5.74) is 0. The first-order valence-electron chi connectivity index (χ1n) is 20.1. The van der Waals surface area contributed by atoms with Gasteiger partial charge in [-0.1, -0.05) is 206 Å². The van der Waals surface area contributed by atoms with Crippen molar-refractivity contribution in [3.63, 3.8) is 0 Å². The molecule has 0 aliphatic carbocycles. The highest BCUT2D eigenvalue weighted by molar-refractivity contribution is 5.28. The lowest BCUT2D eigenvalue weighted by molar-refractivity contribution is 0.295. The van der Waals surface area contributed by atoms with Crippen LogP contribution in [0.15, 0.2) is 12.1 Å². The number of unbranched alkanes of at least 4 members (excludes halogenated alkanes) is 30. The van der Waals surface area contributed by atoms with Crippen molar-refractivity contribution in [1.29, 1.82) is 0 Å². The lowest BCUT2D eigenvalue weighted by atomic mass is 10.0. The van der Waals surface area contributed by atoms with E-state index in [2.05, 4.69) is 26.0 Å². The summed E-state index contributed by atoms with van der Waals surface area (Å²) in [7, 11) is 0. The Morgan fingerprint density at radius 2 is 0.523 bits per heavy atom. The Kier molecular flexibility index (Phi) is 32.2. The topological polar surface area (TPSA) is 18.5 Å². The minimum Gasteiger partial charge on any atom is -0.493 e. The summed E-state index contributed by atoms with van der Waals surface area (Å²) in [6, 6.07) is 10.2. The maximum Gasteiger partial charge on any atom is 0.128 e. The minimum absolute atomic E-state index is 0.780. The maximum atomic E-state index is 5.88. The van der Waals surface area contributed by atoms with E-state index in [0.29, 0.717) is 0 Å². The molecule has 0 aromatic heterocycles. The van der Waals surface area contributed by atoms with Gasteiger partial charge >= 0.3 is 0 Å². The molecule has 44 heavy (non-hydrogen) atoms. The van der Waals surface area contributed by atoms with Gasteiger partial charge in [-0.05, 0) is 25.0 Å². The van der Waals surface area contributed by atoms with Crippen LogP contribution in [0.1, 0.15) is 219 Å². The van der Waals surface area contributed by atoms with Gasteiger partial charge in [-0.15, -0.1) is 0 Å². The summed E-state index contributed by atoms with van der Waals surface area (Å²) in [4.78, 5) is 0. The largest absolute Gasteiger partial charge is 0.493 e. The molecule has 0 saturated heterocycles. The van der Waals surface area contributed by atoms with Gasteiger partial charge in [-0.25, -0.2) is 0 Å². The highest BCUT2D eigenvalue weighted by Gasteiger charge is 2.00. The smallest absolute Gasteiger partial charge is 0.128 e. The fraction of sp³-hybridized carbons (Fsp3) is 0.857. The van der Waals surface area contributed by atoms with Crippen LogP contribution in [0, 0.1) is 12.1 Å². The van der Waals surface area contributed by atoms with Crippen molar-refractivity contribution in [2.75, 3.05) is 13.2 Å². The molecular formula is C42H76O2. The van der Waals surface area contributed by atoms with Gasteiger partial charge in [0.2, 0.25) is 0 Å². The zero-order valence-electron chi connectivity index (χ0n) is 30.0. The summed E-state index contributed by atoms with van der Waals surface area (Å²) in [6.45, 7) is 6.15. The Morgan fingerprint density at radius 1 is 0.318 bits per heavy atom. The Balaban J connectivity index is 1.79. The highest BCUT2D eigenvalue weighted by Crippen LogP contribution is 2.18. The molecule has 0 fully saturated rings. The molecule has 0 saturated carbocycles. The molecule has 1 aromatic carbocycles. The van der Waals surface area contributed by atoms with Gasteiger partial charge in [0, 0.05) is 12.1 Å². The van der Waals surface area contributed by atoms with Crippen molar-refractivity contribution in [2.24, 2.45) is 0 Å². The normalized spacial score (nSPS) is 11.3. The second kappa shape index (κ2) is 34.7. The van der Waals surface area contributed by atoms with Crippen LogP contribution in [0.4, 0.5) is 0 Å². The summed E-state index contributed by atoms with van der Waals surface area (Å²) in [5.74, 6) is 1.58. The molecule has 0 N–H and O–H groups in total. The number of hydrogen-bond acceptors (Lipinski definition) is 2. The molecule has 256 valence electrons. The first-order chi connectivity index (χ1) is 21.9. The van der Waals surface area contributed by atoms with Crippen molar-refractivity contribution in [1.82, 2.24) is 0 Å². The van der Waals surface area contributed by atoms with Gasteiger partial charge in [0.15, 0.2) is 0 Å². The van der Waals surface area contributed by atoms with Gasteiger partial charge in [0.1, 0.15) is 11.5 Å². The van der Waals surface area contributed by atoms with E-state index < -0.39 is 0 Å². The van der Waals surface area contributed by atoms with E-state index in [1.54, 1.807) is 0 Å². The van der Waals surface area contributed by atoms with E-state index in [1.165, 1.54) is 193 Å². The van der Waals surface area contributed by atoms with E-state index in [-0.39, 0.29) is 0 Å². The number of ether oxygens (including phenoxy) is 2. The molecule has 0 heterocycles. The lowest BCUT2D eigenvalue weighted by Crippen LogP contribution is -1.99. The molecule has 2 nitrogen and oxygen atoms in total. The summed E-state index contributed by atoms with van der Waals surface area (Å²) >= 11 is 0. The van der Waals surface area contributed by atoms with Crippen LogP contribution >= 0.6 is 0 Å². The number of benzene rings is 1. The third kappa shape index (κ3) is 29.5. The van der Waals surface area contributed by atoms with Crippen molar-refractivity contribution in [3.05, 3.63) is 24.3 Å². The number of rotatable bonds is 36. The van der Waals surface area contributed by atoms with Crippen molar-refractivity contribution < 1.29 is 9.47 Å². The Morgan fingerprint density at radius 3 is 0.727 bits per heavy atom. The zero-order chi connectivity index (χ0) is 31.4. The van der Waals surface area contributed by atoms with Gasteiger partial charge in [0.05, 0.1) is 13.2 Å². The van der Waals surface area contributed by atoms with E-state index in [4.69, 9.17) is 9.47 Å². The van der Waals surface area contributed by atoms with Crippen LogP contribution in [-0.4, -0.2) is 13.2 Å².